The Labute approximate surface area is 139 Å². The Morgan fingerprint density at radius 2 is 2.12 bits per heavy atom. The maximum Gasteiger partial charge on any atom is 0.247 e. The average molecular weight is 325 g/mol. The molecule has 24 heavy (non-hydrogen) atoms. The second-order valence-corrected chi connectivity index (χ2v) is 5.42. The molecule has 0 saturated carbocycles. The predicted molar refractivity (Wildman–Crippen MR) is 90.3 cm³/mol. The fourth-order valence-corrected chi connectivity index (χ4v) is 2.35. The normalized spacial score (nSPS) is 12.1. The molecule has 3 aromatic rings. The zero-order chi connectivity index (χ0) is 16.9. The number of carbonyl (C=O) groups excluding carboxylic acids is 1. The standard InChI is InChI=1S/C17H19N5O2/c1-12(22-8-3-4-9-22)17(23)18-14-7-5-6-13(10-14)16-19-15(11-24-2)20-21-16/h3-10,12H,11H2,1-2H3,(H,18,23)(H,19,20,21)/t12-/m0/s1. The van der Waals surface area contributed by atoms with Gasteiger partial charge in [-0.2, -0.15) is 5.10 Å². The van der Waals surface area contributed by atoms with Crippen molar-refractivity contribution in [3.8, 4) is 11.4 Å². The van der Waals surface area contributed by atoms with E-state index in [0.29, 0.717) is 23.9 Å². The van der Waals surface area contributed by atoms with Gasteiger partial charge < -0.3 is 14.6 Å². The maximum absolute atomic E-state index is 12.4. The van der Waals surface area contributed by atoms with Crippen LogP contribution in [0.2, 0.25) is 0 Å². The minimum absolute atomic E-state index is 0.0848. The number of hydrogen-bond acceptors (Lipinski definition) is 4. The molecule has 0 radical (unpaired) electrons. The minimum atomic E-state index is -0.291. The van der Waals surface area contributed by atoms with Gasteiger partial charge in [0.05, 0.1) is 0 Å². The Morgan fingerprint density at radius 3 is 2.88 bits per heavy atom. The number of nitrogens with one attached hydrogen (secondary N) is 2. The summed E-state index contributed by atoms with van der Waals surface area (Å²) in [5.74, 6) is 1.14. The lowest BCUT2D eigenvalue weighted by Gasteiger charge is -2.14. The zero-order valence-corrected chi connectivity index (χ0v) is 13.6. The molecule has 0 bridgehead atoms. The highest BCUT2D eigenvalue weighted by Gasteiger charge is 2.14. The van der Waals surface area contributed by atoms with Crippen molar-refractivity contribution in [1.82, 2.24) is 19.7 Å². The van der Waals surface area contributed by atoms with Crippen molar-refractivity contribution >= 4 is 11.6 Å². The van der Waals surface area contributed by atoms with Crippen molar-refractivity contribution in [2.75, 3.05) is 12.4 Å². The van der Waals surface area contributed by atoms with Gasteiger partial charge in [0.25, 0.3) is 0 Å². The van der Waals surface area contributed by atoms with Crippen molar-refractivity contribution < 1.29 is 9.53 Å². The van der Waals surface area contributed by atoms with Gasteiger partial charge in [0.15, 0.2) is 11.6 Å². The second kappa shape index (κ2) is 7.10. The summed E-state index contributed by atoms with van der Waals surface area (Å²) in [5.41, 5.74) is 1.52. The molecule has 1 amide bonds. The molecule has 0 saturated heterocycles. The zero-order valence-electron chi connectivity index (χ0n) is 13.6. The molecule has 0 spiro atoms. The third kappa shape index (κ3) is 3.52. The summed E-state index contributed by atoms with van der Waals surface area (Å²) in [5, 5.41) is 9.92. The Morgan fingerprint density at radius 1 is 1.33 bits per heavy atom. The van der Waals surface area contributed by atoms with Crippen LogP contribution in [-0.4, -0.2) is 32.8 Å². The van der Waals surface area contributed by atoms with Crippen LogP contribution >= 0.6 is 0 Å². The van der Waals surface area contributed by atoms with Crippen molar-refractivity contribution in [1.29, 1.82) is 0 Å². The molecule has 2 N–H and O–H groups in total. The monoisotopic (exact) mass is 325 g/mol. The lowest BCUT2D eigenvalue weighted by molar-refractivity contribution is -0.118. The molecule has 7 heteroatoms. The number of amides is 1. The largest absolute Gasteiger partial charge is 0.377 e. The number of carbonyl (C=O) groups is 1. The van der Waals surface area contributed by atoms with Crippen LogP contribution in [0.15, 0.2) is 48.8 Å². The molecule has 1 aromatic carbocycles. The number of nitrogens with zero attached hydrogens (tertiary/aromatic N) is 3. The Balaban J connectivity index is 1.74. The van der Waals surface area contributed by atoms with E-state index in [2.05, 4.69) is 20.5 Å². The number of H-pyrrole nitrogens is 1. The van der Waals surface area contributed by atoms with E-state index in [1.807, 2.05) is 60.3 Å². The number of ether oxygens (including phenoxy) is 1. The first-order valence-electron chi connectivity index (χ1n) is 7.61. The fraction of sp³-hybridized carbons (Fsp3) is 0.235. The van der Waals surface area contributed by atoms with Crippen molar-refractivity contribution in [3.63, 3.8) is 0 Å². The Hall–Kier alpha value is -2.93. The van der Waals surface area contributed by atoms with Gasteiger partial charge in [-0.15, -0.1) is 0 Å². The van der Waals surface area contributed by atoms with E-state index in [1.165, 1.54) is 0 Å². The van der Waals surface area contributed by atoms with Crippen LogP contribution in [0.25, 0.3) is 11.4 Å². The molecule has 2 heterocycles. The topological polar surface area (TPSA) is 84.8 Å². The summed E-state index contributed by atoms with van der Waals surface area (Å²) in [6.07, 6.45) is 3.73. The van der Waals surface area contributed by atoms with Crippen molar-refractivity contribution in [3.05, 3.63) is 54.6 Å². The van der Waals surface area contributed by atoms with Gasteiger partial charge in [0.2, 0.25) is 5.91 Å². The Bertz CT molecular complexity index is 810. The molecule has 3 rings (SSSR count). The van der Waals surface area contributed by atoms with Gasteiger partial charge in [0.1, 0.15) is 12.6 Å². The number of benzene rings is 1. The van der Waals surface area contributed by atoms with Crippen LogP contribution in [0.5, 0.6) is 0 Å². The molecular formula is C17H19N5O2. The molecule has 0 fully saturated rings. The summed E-state index contributed by atoms with van der Waals surface area (Å²) in [6, 6.07) is 10.9. The van der Waals surface area contributed by atoms with Gasteiger partial charge in [-0.25, -0.2) is 4.98 Å². The third-order valence-electron chi connectivity index (χ3n) is 3.66. The lowest BCUT2D eigenvalue weighted by atomic mass is 10.2. The van der Waals surface area contributed by atoms with E-state index < -0.39 is 0 Å². The smallest absolute Gasteiger partial charge is 0.247 e. The molecule has 124 valence electrons. The molecule has 2 aromatic heterocycles. The number of anilines is 1. The number of methoxy groups -OCH3 is 1. The number of aromatic nitrogens is 4. The Kier molecular flexibility index (Phi) is 4.72. The first-order chi connectivity index (χ1) is 11.7. The summed E-state index contributed by atoms with van der Waals surface area (Å²) >= 11 is 0. The summed E-state index contributed by atoms with van der Waals surface area (Å²) in [4.78, 5) is 16.7. The third-order valence-corrected chi connectivity index (χ3v) is 3.66. The maximum atomic E-state index is 12.4. The highest BCUT2D eigenvalue weighted by Crippen LogP contribution is 2.20. The fourth-order valence-electron chi connectivity index (χ4n) is 2.35. The van der Waals surface area contributed by atoms with Crippen molar-refractivity contribution in [2.24, 2.45) is 0 Å². The van der Waals surface area contributed by atoms with Gasteiger partial charge in [0, 0.05) is 30.8 Å². The molecular weight excluding hydrogens is 306 g/mol. The second-order valence-electron chi connectivity index (χ2n) is 5.42. The van der Waals surface area contributed by atoms with E-state index in [0.717, 1.165) is 5.56 Å². The molecule has 0 unspecified atom stereocenters. The number of aromatic amines is 1. The SMILES string of the molecule is COCc1nc(-c2cccc(NC(=O)[C@H](C)n3cccc3)c2)n[nH]1. The van der Waals surface area contributed by atoms with Gasteiger partial charge >= 0.3 is 0 Å². The van der Waals surface area contributed by atoms with Gasteiger partial charge in [-0.1, -0.05) is 12.1 Å². The summed E-state index contributed by atoms with van der Waals surface area (Å²) < 4.78 is 6.87. The molecule has 0 aliphatic rings. The van der Waals surface area contributed by atoms with Crippen LogP contribution < -0.4 is 5.32 Å². The highest BCUT2D eigenvalue weighted by atomic mass is 16.5. The summed E-state index contributed by atoms with van der Waals surface area (Å²) in [7, 11) is 1.60. The van der Waals surface area contributed by atoms with Crippen LogP contribution in [0.4, 0.5) is 5.69 Å². The minimum Gasteiger partial charge on any atom is -0.377 e. The van der Waals surface area contributed by atoms with Gasteiger partial charge in [-0.05, 0) is 31.2 Å². The van der Waals surface area contributed by atoms with Crippen LogP contribution in [0, 0.1) is 0 Å². The highest BCUT2D eigenvalue weighted by molar-refractivity contribution is 5.94. The van der Waals surface area contributed by atoms with E-state index in [4.69, 9.17) is 4.74 Å². The van der Waals surface area contributed by atoms with E-state index in [1.54, 1.807) is 7.11 Å². The number of rotatable bonds is 6. The molecule has 7 nitrogen and oxygen atoms in total. The quantitative estimate of drug-likeness (QED) is 0.729. The lowest BCUT2D eigenvalue weighted by Crippen LogP contribution is -2.22. The molecule has 0 aliphatic carbocycles. The van der Waals surface area contributed by atoms with Crippen LogP contribution in [0.1, 0.15) is 18.8 Å². The average Bonchev–Trinajstić information content (AvgIpc) is 3.26. The van der Waals surface area contributed by atoms with E-state index in [9.17, 15) is 4.79 Å². The molecule has 1 atom stereocenters. The van der Waals surface area contributed by atoms with Crippen molar-refractivity contribution in [2.45, 2.75) is 19.6 Å². The van der Waals surface area contributed by atoms with Gasteiger partial charge in [-0.3, -0.25) is 9.89 Å². The summed E-state index contributed by atoms with van der Waals surface area (Å²) in [6.45, 7) is 2.23. The van der Waals surface area contributed by atoms with Crippen LogP contribution in [-0.2, 0) is 16.1 Å². The van der Waals surface area contributed by atoms with E-state index in [-0.39, 0.29) is 11.9 Å². The number of hydrogen-bond donors (Lipinski definition) is 2. The predicted octanol–water partition coefficient (Wildman–Crippen LogP) is 2.62. The first-order valence-corrected chi connectivity index (χ1v) is 7.61. The first kappa shape index (κ1) is 15.9. The molecule has 0 aliphatic heterocycles. The van der Waals surface area contributed by atoms with E-state index >= 15 is 0 Å². The van der Waals surface area contributed by atoms with Crippen LogP contribution in [0.3, 0.4) is 0 Å².